The van der Waals surface area contributed by atoms with Crippen LogP contribution in [0.2, 0.25) is 0 Å². The first-order valence-corrected chi connectivity index (χ1v) is 8.96. The van der Waals surface area contributed by atoms with Gasteiger partial charge < -0.3 is 4.79 Å². The maximum absolute atomic E-state index is 13.3. The molecule has 0 aromatic heterocycles. The van der Waals surface area contributed by atoms with Crippen LogP contribution in [0.1, 0.15) is 12.0 Å². The minimum Gasteiger partial charge on any atom is -0.303 e. The van der Waals surface area contributed by atoms with Gasteiger partial charge in [-0.3, -0.25) is 0 Å². The van der Waals surface area contributed by atoms with Crippen molar-refractivity contribution in [2.75, 3.05) is 0 Å². The first-order valence-electron chi connectivity index (χ1n) is 7.48. The van der Waals surface area contributed by atoms with Gasteiger partial charge in [0.05, 0.1) is 9.79 Å². The average molecular weight is 342 g/mol. The minimum absolute atomic E-state index is 0.0704. The molecule has 3 aromatic carbocycles. The maximum atomic E-state index is 13.3. The van der Waals surface area contributed by atoms with E-state index in [0.29, 0.717) is 12.8 Å². The number of benzene rings is 3. The van der Waals surface area contributed by atoms with E-state index in [1.165, 1.54) is 24.3 Å². The van der Waals surface area contributed by atoms with E-state index >= 15 is 0 Å². The summed E-state index contributed by atoms with van der Waals surface area (Å²) in [6.45, 7) is 0. The van der Waals surface area contributed by atoms with Gasteiger partial charge in [-0.05, 0) is 53.1 Å². The highest BCUT2D eigenvalue weighted by Crippen LogP contribution is 2.27. The Morgan fingerprint density at radius 3 is 2.42 bits per heavy atom. The lowest BCUT2D eigenvalue weighted by Gasteiger charge is -2.09. The molecular weight excluding hydrogens is 327 g/mol. The van der Waals surface area contributed by atoms with Crippen molar-refractivity contribution in [1.29, 1.82) is 0 Å². The second kappa shape index (κ2) is 6.53. The van der Waals surface area contributed by atoms with Gasteiger partial charge in [0.25, 0.3) is 0 Å². The maximum Gasteiger partial charge on any atom is 0.206 e. The summed E-state index contributed by atoms with van der Waals surface area (Å²) in [7, 11) is -3.78. The number of hydrogen-bond donors (Lipinski definition) is 0. The molecule has 0 aliphatic carbocycles. The largest absolute Gasteiger partial charge is 0.303 e. The first kappa shape index (κ1) is 16.3. The third kappa shape index (κ3) is 3.08. The van der Waals surface area contributed by atoms with Crippen molar-refractivity contribution in [2.24, 2.45) is 0 Å². The van der Waals surface area contributed by atoms with E-state index in [4.69, 9.17) is 0 Å². The van der Waals surface area contributed by atoms with E-state index in [1.54, 1.807) is 12.1 Å². The number of rotatable bonds is 5. The molecule has 0 N–H and O–H groups in total. The molecule has 0 radical (unpaired) electrons. The lowest BCUT2D eigenvalue weighted by atomic mass is 10.0. The highest BCUT2D eigenvalue weighted by Gasteiger charge is 2.18. The van der Waals surface area contributed by atoms with Crippen LogP contribution < -0.4 is 0 Å². The number of aryl methyl sites for hydroxylation is 1. The van der Waals surface area contributed by atoms with E-state index in [9.17, 15) is 17.6 Å². The van der Waals surface area contributed by atoms with E-state index in [1.807, 2.05) is 18.2 Å². The summed E-state index contributed by atoms with van der Waals surface area (Å²) in [4.78, 5) is 10.6. The average Bonchev–Trinajstić information content (AvgIpc) is 2.59. The molecule has 0 saturated heterocycles. The molecule has 0 spiro atoms. The van der Waals surface area contributed by atoms with Gasteiger partial charge in [0.1, 0.15) is 12.1 Å². The van der Waals surface area contributed by atoms with Crippen LogP contribution in [-0.2, 0) is 21.1 Å². The minimum atomic E-state index is -3.78. The Bertz CT molecular complexity index is 1010. The fourth-order valence-corrected chi connectivity index (χ4v) is 4.03. The summed E-state index contributed by atoms with van der Waals surface area (Å²) in [5.74, 6) is -0.590. The summed E-state index contributed by atoms with van der Waals surface area (Å²) >= 11 is 0. The van der Waals surface area contributed by atoms with Gasteiger partial charge in [0.2, 0.25) is 9.84 Å². The first-order chi connectivity index (χ1) is 11.5. The fourth-order valence-electron chi connectivity index (χ4n) is 2.70. The van der Waals surface area contributed by atoms with E-state index in [2.05, 4.69) is 0 Å². The standard InChI is InChI=1S/C19H15FO3S/c20-16-7-2-8-17(13-16)24(22,23)18-9-10-19-14(6-3-11-21)4-1-5-15(19)12-18/h1-2,4-5,7-13H,3,6H2. The van der Waals surface area contributed by atoms with Gasteiger partial charge in [-0.25, -0.2) is 12.8 Å². The third-order valence-electron chi connectivity index (χ3n) is 3.89. The van der Waals surface area contributed by atoms with Crippen molar-refractivity contribution in [3.05, 3.63) is 72.0 Å². The molecule has 3 nitrogen and oxygen atoms in total. The number of hydrogen-bond acceptors (Lipinski definition) is 3. The predicted molar refractivity (Wildman–Crippen MR) is 90.2 cm³/mol. The van der Waals surface area contributed by atoms with Crippen LogP contribution in [0.4, 0.5) is 4.39 Å². The monoisotopic (exact) mass is 342 g/mol. The molecule has 24 heavy (non-hydrogen) atoms. The zero-order valence-corrected chi connectivity index (χ0v) is 13.6. The number of carbonyl (C=O) groups is 1. The molecule has 0 saturated carbocycles. The molecule has 0 fully saturated rings. The molecule has 0 bridgehead atoms. The third-order valence-corrected chi connectivity index (χ3v) is 5.64. The molecule has 122 valence electrons. The second-order valence-electron chi connectivity index (χ2n) is 5.47. The highest BCUT2D eigenvalue weighted by atomic mass is 32.2. The van der Waals surface area contributed by atoms with Gasteiger partial charge >= 0.3 is 0 Å². The smallest absolute Gasteiger partial charge is 0.206 e. The molecular formula is C19H15FO3S. The van der Waals surface area contributed by atoms with Gasteiger partial charge in [-0.1, -0.05) is 30.3 Å². The van der Waals surface area contributed by atoms with Crippen molar-refractivity contribution >= 4 is 26.9 Å². The topological polar surface area (TPSA) is 51.2 Å². The zero-order chi connectivity index (χ0) is 17.2. The molecule has 0 atom stereocenters. The van der Waals surface area contributed by atoms with Crippen LogP contribution in [-0.4, -0.2) is 14.7 Å². The Morgan fingerprint density at radius 2 is 1.67 bits per heavy atom. The predicted octanol–water partition coefficient (Wildman–Crippen LogP) is 3.94. The number of sulfone groups is 1. The normalized spacial score (nSPS) is 11.5. The summed E-state index contributed by atoms with van der Waals surface area (Å²) < 4.78 is 38.7. The Balaban J connectivity index is 2.09. The number of carbonyl (C=O) groups excluding carboxylic acids is 1. The van der Waals surface area contributed by atoms with Crippen LogP contribution >= 0.6 is 0 Å². The summed E-state index contributed by atoms with van der Waals surface area (Å²) in [6, 6.07) is 15.4. The van der Waals surface area contributed by atoms with Gasteiger partial charge in [-0.2, -0.15) is 0 Å². The van der Waals surface area contributed by atoms with Crippen LogP contribution in [0.3, 0.4) is 0 Å². The molecule has 0 aliphatic heterocycles. The fraction of sp³-hybridized carbons (Fsp3) is 0.105. The van der Waals surface area contributed by atoms with Crippen LogP contribution in [0.5, 0.6) is 0 Å². The zero-order valence-electron chi connectivity index (χ0n) is 12.8. The van der Waals surface area contributed by atoms with Crippen molar-refractivity contribution in [3.63, 3.8) is 0 Å². The van der Waals surface area contributed by atoms with E-state index in [0.717, 1.165) is 28.7 Å². The summed E-state index contributed by atoms with van der Waals surface area (Å²) in [6.07, 6.45) is 1.89. The Labute approximate surface area is 139 Å². The molecule has 3 rings (SSSR count). The number of fused-ring (bicyclic) bond motifs is 1. The van der Waals surface area contributed by atoms with Crippen LogP contribution in [0.25, 0.3) is 10.8 Å². The van der Waals surface area contributed by atoms with E-state index in [-0.39, 0.29) is 9.79 Å². The number of halogens is 1. The Kier molecular flexibility index (Phi) is 4.44. The van der Waals surface area contributed by atoms with Gasteiger partial charge in [0, 0.05) is 6.42 Å². The van der Waals surface area contributed by atoms with Crippen LogP contribution in [0.15, 0.2) is 70.5 Å². The second-order valence-corrected chi connectivity index (χ2v) is 7.42. The number of aldehydes is 1. The van der Waals surface area contributed by atoms with Crippen molar-refractivity contribution < 1.29 is 17.6 Å². The quantitative estimate of drug-likeness (QED) is 0.660. The lowest BCUT2D eigenvalue weighted by molar-refractivity contribution is -0.107. The summed E-state index contributed by atoms with van der Waals surface area (Å²) in [5.41, 5.74) is 0.995. The summed E-state index contributed by atoms with van der Waals surface area (Å²) in [5, 5.41) is 1.69. The molecule has 0 aliphatic rings. The molecule has 5 heteroatoms. The SMILES string of the molecule is O=CCCc1cccc2cc(S(=O)(=O)c3cccc(F)c3)ccc12. The van der Waals surface area contributed by atoms with Crippen LogP contribution in [0, 0.1) is 5.82 Å². The highest BCUT2D eigenvalue weighted by molar-refractivity contribution is 7.91. The molecule has 3 aromatic rings. The van der Waals surface area contributed by atoms with Gasteiger partial charge in [0.15, 0.2) is 0 Å². The van der Waals surface area contributed by atoms with Gasteiger partial charge in [-0.15, -0.1) is 0 Å². The molecule has 0 heterocycles. The lowest BCUT2D eigenvalue weighted by Crippen LogP contribution is -2.02. The van der Waals surface area contributed by atoms with Crippen molar-refractivity contribution in [2.45, 2.75) is 22.6 Å². The Hall–Kier alpha value is -2.53. The van der Waals surface area contributed by atoms with Crippen molar-refractivity contribution in [1.82, 2.24) is 0 Å². The van der Waals surface area contributed by atoms with E-state index < -0.39 is 15.7 Å². The van der Waals surface area contributed by atoms with Crippen molar-refractivity contribution in [3.8, 4) is 0 Å². The molecule has 0 amide bonds. The molecule has 0 unspecified atom stereocenters. The Morgan fingerprint density at radius 1 is 0.917 bits per heavy atom.